The van der Waals surface area contributed by atoms with Gasteiger partial charge in [-0.3, -0.25) is 9.97 Å². The van der Waals surface area contributed by atoms with Crippen molar-refractivity contribution in [1.29, 1.82) is 0 Å². The Labute approximate surface area is 286 Å². The summed E-state index contributed by atoms with van der Waals surface area (Å²) in [5.74, 6) is 0. The van der Waals surface area contributed by atoms with Gasteiger partial charge in [-0.05, 0) is 20.8 Å². The quantitative estimate of drug-likeness (QED) is 0.432. The Kier molecular flexibility index (Phi) is 18.3. The number of halogens is 5. The summed E-state index contributed by atoms with van der Waals surface area (Å²) in [5.41, 5.74) is 1.01. The van der Waals surface area contributed by atoms with Crippen molar-refractivity contribution in [2.24, 2.45) is 0 Å². The number of ether oxygens (including phenoxy) is 3. The van der Waals surface area contributed by atoms with Crippen LogP contribution in [0.1, 0.15) is 20.8 Å². The van der Waals surface area contributed by atoms with Crippen LogP contribution in [0.4, 0.5) is 16.2 Å². The first-order valence-corrected chi connectivity index (χ1v) is 15.2. The van der Waals surface area contributed by atoms with E-state index in [0.29, 0.717) is 52.0 Å². The molecule has 4 heterocycles. The van der Waals surface area contributed by atoms with Gasteiger partial charge in [0.05, 0.1) is 50.2 Å². The molecule has 0 aromatic carbocycles. The van der Waals surface area contributed by atoms with E-state index in [1.54, 1.807) is 43.9 Å². The summed E-state index contributed by atoms with van der Waals surface area (Å²) >= 11 is 24.8. The van der Waals surface area contributed by atoms with Gasteiger partial charge in [-0.2, -0.15) is 0 Å². The number of anilines is 2. The van der Waals surface area contributed by atoms with Crippen LogP contribution in [0.15, 0.2) is 24.8 Å². The Morgan fingerprint density at radius 2 is 1.27 bits per heavy atom. The van der Waals surface area contributed by atoms with E-state index in [9.17, 15) is 4.79 Å². The Morgan fingerprint density at radius 3 is 1.73 bits per heavy atom. The molecule has 2 aliphatic rings. The Bertz CT molecular complexity index is 1120. The highest BCUT2D eigenvalue weighted by atomic mass is 35.5. The van der Waals surface area contributed by atoms with Gasteiger partial charge < -0.3 is 39.3 Å². The van der Waals surface area contributed by atoms with Crippen molar-refractivity contribution in [3.8, 4) is 0 Å². The maximum Gasteiger partial charge on any atom is 0.410 e. The highest BCUT2D eigenvalue weighted by Crippen LogP contribution is 2.34. The molecule has 44 heavy (non-hydrogen) atoms. The number of methoxy groups -OCH3 is 2. The molecule has 2 atom stereocenters. The van der Waals surface area contributed by atoms with Gasteiger partial charge in [0.25, 0.3) is 0 Å². The lowest BCUT2D eigenvalue weighted by atomic mass is 10.2. The number of aliphatic hydroxyl groups is 1. The fraction of sp³-hybridized carbons (Fsp3) is 0.607. The van der Waals surface area contributed by atoms with Gasteiger partial charge in [-0.25, -0.2) is 4.79 Å². The Morgan fingerprint density at radius 1 is 0.818 bits per heavy atom. The molecule has 2 saturated heterocycles. The number of nitrogens with one attached hydrogen (secondary N) is 1. The number of nitrogens with zero attached hydrogens (tertiary/aromatic N) is 5. The molecular formula is C28H43Cl5N6O5. The molecule has 0 aliphatic carbocycles. The smallest absolute Gasteiger partial charge is 0.410 e. The van der Waals surface area contributed by atoms with Crippen molar-refractivity contribution in [1.82, 2.24) is 20.2 Å². The maximum atomic E-state index is 12.4. The number of hydrogen-bond donors (Lipinski definition) is 2. The fourth-order valence-corrected chi connectivity index (χ4v) is 5.68. The fourth-order valence-electron chi connectivity index (χ4n) is 4.47. The summed E-state index contributed by atoms with van der Waals surface area (Å²) in [5, 5.41) is 12.4. The van der Waals surface area contributed by atoms with Crippen LogP contribution in [0, 0.1) is 0 Å². The highest BCUT2D eigenvalue weighted by Gasteiger charge is 2.30. The molecule has 250 valence electrons. The number of amides is 1. The van der Waals surface area contributed by atoms with E-state index in [4.69, 9.17) is 65.7 Å². The normalized spacial score (nSPS) is 18.8. The summed E-state index contributed by atoms with van der Waals surface area (Å²) in [6.45, 7) is 11.0. The van der Waals surface area contributed by atoms with Gasteiger partial charge in [0.1, 0.15) is 5.60 Å². The predicted molar refractivity (Wildman–Crippen MR) is 181 cm³/mol. The first-order valence-electron chi connectivity index (χ1n) is 13.7. The number of aliphatic hydroxyl groups excluding tert-OH is 1. The van der Waals surface area contributed by atoms with Crippen LogP contribution >= 0.6 is 58.8 Å². The third-order valence-electron chi connectivity index (χ3n) is 6.45. The summed E-state index contributed by atoms with van der Waals surface area (Å²) < 4.78 is 16.4. The number of pyridine rings is 2. The average Bonchev–Trinajstić information content (AvgIpc) is 3.32. The van der Waals surface area contributed by atoms with E-state index in [0.717, 1.165) is 39.0 Å². The molecular weight excluding hydrogens is 678 g/mol. The van der Waals surface area contributed by atoms with Gasteiger partial charge in [0, 0.05) is 91.9 Å². The standard InChI is InChI=1S/C16H23Cl2N3O3.C11H15Cl2N3O.CH4O.ClH/c1-16(2,3)24-15(22)21-6-5-20(9-11(10-21)23-4)14-12(17)7-19-8-13(14)18;1-17-8-4-14-2-3-16(7-8)11-9(12)5-15-6-10(11)13;1-2;/h7-8,11H,5-6,9-10H2,1-4H3;5-6,8,14H,2-4,7H2,1H3;2H,1H3;1H. The Hall–Kier alpha value is -1.54. The summed E-state index contributed by atoms with van der Waals surface area (Å²) in [4.78, 5) is 26.1. The molecule has 11 nitrogen and oxygen atoms in total. The number of rotatable bonds is 4. The lowest BCUT2D eigenvalue weighted by molar-refractivity contribution is 0.0138. The predicted octanol–water partition coefficient (Wildman–Crippen LogP) is 5.30. The monoisotopic (exact) mass is 718 g/mol. The molecule has 1 amide bonds. The lowest BCUT2D eigenvalue weighted by Gasteiger charge is -2.27. The Balaban J connectivity index is 0.000000427. The summed E-state index contributed by atoms with van der Waals surface area (Å²) in [7, 11) is 4.34. The number of aromatic nitrogens is 2. The lowest BCUT2D eigenvalue weighted by Crippen LogP contribution is -2.41. The molecule has 2 aromatic heterocycles. The topological polar surface area (TPSA) is 113 Å². The molecule has 16 heteroatoms. The van der Waals surface area contributed by atoms with E-state index in [1.165, 1.54) is 0 Å². The second kappa shape index (κ2) is 19.9. The van der Waals surface area contributed by atoms with Crippen LogP contribution in [0.25, 0.3) is 0 Å². The van der Waals surface area contributed by atoms with Gasteiger partial charge in [-0.15, -0.1) is 12.4 Å². The van der Waals surface area contributed by atoms with Crippen LogP contribution in [0.2, 0.25) is 20.1 Å². The first kappa shape index (κ1) is 40.5. The number of carbonyl (C=O) groups excluding carboxylic acids is 1. The maximum absolute atomic E-state index is 12.4. The summed E-state index contributed by atoms with van der Waals surface area (Å²) in [6.07, 6.45) is 5.95. The molecule has 0 spiro atoms. The van der Waals surface area contributed by atoms with E-state index in [-0.39, 0.29) is 30.7 Å². The van der Waals surface area contributed by atoms with Crippen molar-refractivity contribution in [2.45, 2.75) is 38.6 Å². The third-order valence-corrected chi connectivity index (χ3v) is 7.56. The first-order chi connectivity index (χ1) is 20.4. The minimum absolute atomic E-state index is 0. The molecule has 0 bridgehead atoms. The van der Waals surface area contributed by atoms with Crippen LogP contribution in [-0.2, 0) is 14.2 Å². The second-order valence-corrected chi connectivity index (χ2v) is 12.3. The minimum Gasteiger partial charge on any atom is -0.444 e. The largest absolute Gasteiger partial charge is 0.444 e. The van der Waals surface area contributed by atoms with E-state index < -0.39 is 5.60 Å². The molecule has 2 unspecified atom stereocenters. The number of carbonyl (C=O) groups is 1. The van der Waals surface area contributed by atoms with E-state index in [2.05, 4.69) is 20.2 Å². The molecule has 0 radical (unpaired) electrons. The second-order valence-electron chi connectivity index (χ2n) is 10.6. The molecule has 2 fully saturated rings. The van der Waals surface area contributed by atoms with Crippen LogP contribution < -0.4 is 15.1 Å². The zero-order valence-corrected chi connectivity index (χ0v) is 29.7. The zero-order chi connectivity index (χ0) is 32.2. The molecule has 2 aliphatic heterocycles. The zero-order valence-electron chi connectivity index (χ0n) is 25.9. The highest BCUT2D eigenvalue weighted by molar-refractivity contribution is 6.39. The van der Waals surface area contributed by atoms with Crippen molar-refractivity contribution in [3.05, 3.63) is 44.9 Å². The summed E-state index contributed by atoms with van der Waals surface area (Å²) in [6, 6.07) is 0. The number of hydrogen-bond acceptors (Lipinski definition) is 10. The van der Waals surface area contributed by atoms with E-state index >= 15 is 0 Å². The molecule has 2 aromatic rings. The third kappa shape index (κ3) is 12.3. The van der Waals surface area contributed by atoms with Gasteiger partial charge in [0.2, 0.25) is 0 Å². The van der Waals surface area contributed by atoms with Crippen LogP contribution in [0.5, 0.6) is 0 Å². The van der Waals surface area contributed by atoms with Gasteiger partial charge >= 0.3 is 6.09 Å². The van der Waals surface area contributed by atoms with Crippen molar-refractivity contribution < 1.29 is 24.1 Å². The van der Waals surface area contributed by atoms with Crippen molar-refractivity contribution >= 4 is 76.3 Å². The molecule has 4 rings (SSSR count). The minimum atomic E-state index is -0.538. The van der Waals surface area contributed by atoms with E-state index in [1.807, 2.05) is 25.7 Å². The van der Waals surface area contributed by atoms with Crippen LogP contribution in [-0.4, -0.2) is 118 Å². The molecule has 2 N–H and O–H groups in total. The van der Waals surface area contributed by atoms with Gasteiger partial charge in [0.15, 0.2) is 0 Å². The van der Waals surface area contributed by atoms with Crippen molar-refractivity contribution in [3.63, 3.8) is 0 Å². The van der Waals surface area contributed by atoms with Gasteiger partial charge in [-0.1, -0.05) is 46.4 Å². The van der Waals surface area contributed by atoms with Crippen LogP contribution in [0.3, 0.4) is 0 Å². The van der Waals surface area contributed by atoms with Crippen molar-refractivity contribution in [2.75, 3.05) is 83.5 Å². The SMILES string of the molecule is CO.COC1CN(C(=O)OC(C)(C)C)CCN(c2c(Cl)cncc2Cl)C1.COC1CNCCN(c2c(Cl)cncc2Cl)C1.Cl. The average molecular weight is 721 g/mol. The molecule has 0 saturated carbocycles.